The molecule has 0 radical (unpaired) electrons. The summed E-state index contributed by atoms with van der Waals surface area (Å²) in [4.78, 5) is 11.5. The fourth-order valence-corrected chi connectivity index (χ4v) is 3.34. The summed E-state index contributed by atoms with van der Waals surface area (Å²) in [5.74, 6) is 1.53. The van der Waals surface area contributed by atoms with Gasteiger partial charge in [-0.1, -0.05) is 13.8 Å². The molecule has 86 valence electrons. The van der Waals surface area contributed by atoms with E-state index in [-0.39, 0.29) is 5.91 Å². The average Bonchev–Trinajstić information content (AvgIpc) is 2.17. The molecule has 0 aromatic heterocycles. The first kappa shape index (κ1) is 11.3. The van der Waals surface area contributed by atoms with Gasteiger partial charge in [-0.2, -0.15) is 0 Å². The average molecular weight is 230 g/mol. The van der Waals surface area contributed by atoms with E-state index in [9.17, 15) is 4.79 Å². The Morgan fingerprint density at radius 1 is 1.47 bits per heavy atom. The zero-order chi connectivity index (χ0) is 11.2. The molecule has 0 aromatic carbocycles. The van der Waals surface area contributed by atoms with Crippen LogP contribution < -0.4 is 5.32 Å². The SMILES string of the molecule is CC(Cl)C(=O)NC1CCC2CC1C2(C)C. The summed E-state index contributed by atoms with van der Waals surface area (Å²) in [5, 5.41) is 2.68. The molecule has 1 N–H and O–H groups in total. The van der Waals surface area contributed by atoms with E-state index in [1.54, 1.807) is 6.92 Å². The van der Waals surface area contributed by atoms with Gasteiger partial charge in [0.05, 0.1) is 0 Å². The Morgan fingerprint density at radius 2 is 2.13 bits per heavy atom. The van der Waals surface area contributed by atoms with Gasteiger partial charge in [0.25, 0.3) is 0 Å². The summed E-state index contributed by atoms with van der Waals surface area (Å²) in [7, 11) is 0. The molecule has 3 aliphatic rings. The van der Waals surface area contributed by atoms with Crippen molar-refractivity contribution in [3.05, 3.63) is 0 Å². The summed E-state index contributed by atoms with van der Waals surface area (Å²) in [6.45, 7) is 6.39. The maximum absolute atomic E-state index is 11.5. The van der Waals surface area contributed by atoms with Gasteiger partial charge in [-0.15, -0.1) is 11.6 Å². The number of alkyl halides is 1. The molecule has 3 aliphatic carbocycles. The molecule has 4 unspecified atom stereocenters. The Morgan fingerprint density at radius 3 is 2.60 bits per heavy atom. The summed E-state index contributed by atoms with van der Waals surface area (Å²) < 4.78 is 0. The largest absolute Gasteiger partial charge is 0.352 e. The van der Waals surface area contributed by atoms with Crippen LogP contribution in [0.15, 0.2) is 0 Å². The topological polar surface area (TPSA) is 29.1 Å². The zero-order valence-corrected chi connectivity index (χ0v) is 10.5. The highest BCUT2D eigenvalue weighted by atomic mass is 35.5. The van der Waals surface area contributed by atoms with E-state index >= 15 is 0 Å². The highest BCUT2D eigenvalue weighted by molar-refractivity contribution is 6.30. The van der Waals surface area contributed by atoms with E-state index in [0.717, 1.165) is 12.3 Å². The van der Waals surface area contributed by atoms with Crippen LogP contribution in [-0.2, 0) is 4.79 Å². The molecule has 0 aromatic rings. The van der Waals surface area contributed by atoms with Crippen LogP contribution in [0.2, 0.25) is 0 Å². The number of fused-ring (bicyclic) bond motifs is 2. The van der Waals surface area contributed by atoms with Gasteiger partial charge in [-0.05, 0) is 43.4 Å². The number of hydrogen-bond donors (Lipinski definition) is 1. The van der Waals surface area contributed by atoms with Crippen LogP contribution in [0.4, 0.5) is 0 Å². The number of carbonyl (C=O) groups is 1. The third kappa shape index (κ3) is 1.77. The van der Waals surface area contributed by atoms with Gasteiger partial charge in [-0.3, -0.25) is 4.79 Å². The molecular weight excluding hydrogens is 210 g/mol. The molecule has 0 heterocycles. The zero-order valence-electron chi connectivity index (χ0n) is 9.72. The third-order valence-corrected chi connectivity index (χ3v) is 4.75. The molecule has 3 rings (SSSR count). The first-order valence-corrected chi connectivity index (χ1v) is 6.31. The Kier molecular flexibility index (Phi) is 2.74. The van der Waals surface area contributed by atoms with Gasteiger partial charge < -0.3 is 5.32 Å². The van der Waals surface area contributed by atoms with E-state index in [0.29, 0.717) is 17.4 Å². The minimum absolute atomic E-state index is 0.0113. The normalized spacial score (nSPS) is 39.1. The van der Waals surface area contributed by atoms with Crippen molar-refractivity contribution < 1.29 is 4.79 Å². The van der Waals surface area contributed by atoms with Gasteiger partial charge >= 0.3 is 0 Å². The van der Waals surface area contributed by atoms with Crippen molar-refractivity contribution in [1.82, 2.24) is 5.32 Å². The first-order valence-electron chi connectivity index (χ1n) is 5.87. The molecule has 3 saturated carbocycles. The number of hydrogen-bond acceptors (Lipinski definition) is 1. The lowest BCUT2D eigenvalue weighted by atomic mass is 9.47. The van der Waals surface area contributed by atoms with Crippen LogP contribution in [0, 0.1) is 17.3 Å². The fraction of sp³-hybridized carbons (Fsp3) is 0.917. The Hall–Kier alpha value is -0.240. The molecule has 3 fully saturated rings. The van der Waals surface area contributed by atoms with Gasteiger partial charge in [0.2, 0.25) is 5.91 Å². The van der Waals surface area contributed by atoms with Crippen molar-refractivity contribution in [3.8, 4) is 0 Å². The fourth-order valence-electron chi connectivity index (χ4n) is 3.28. The lowest BCUT2D eigenvalue weighted by molar-refractivity contribution is -0.128. The predicted molar refractivity (Wildman–Crippen MR) is 61.9 cm³/mol. The van der Waals surface area contributed by atoms with Crippen LogP contribution in [0.5, 0.6) is 0 Å². The summed E-state index contributed by atoms with van der Waals surface area (Å²) in [6.07, 6.45) is 3.67. The Labute approximate surface area is 96.8 Å². The third-order valence-electron chi connectivity index (χ3n) is 4.55. The van der Waals surface area contributed by atoms with Gasteiger partial charge in [-0.25, -0.2) is 0 Å². The van der Waals surface area contributed by atoms with Crippen molar-refractivity contribution in [1.29, 1.82) is 0 Å². The molecule has 0 aliphatic heterocycles. The number of rotatable bonds is 2. The summed E-state index contributed by atoms with van der Waals surface area (Å²) in [6, 6.07) is 0.360. The second-order valence-corrected chi connectivity index (χ2v) is 6.32. The van der Waals surface area contributed by atoms with Gasteiger partial charge in [0.15, 0.2) is 0 Å². The monoisotopic (exact) mass is 229 g/mol. The maximum Gasteiger partial charge on any atom is 0.237 e. The van der Waals surface area contributed by atoms with Crippen molar-refractivity contribution in [2.45, 2.75) is 51.5 Å². The minimum atomic E-state index is -0.411. The molecule has 4 atom stereocenters. The lowest BCUT2D eigenvalue weighted by Gasteiger charge is -2.60. The van der Waals surface area contributed by atoms with Crippen molar-refractivity contribution >= 4 is 17.5 Å². The lowest BCUT2D eigenvalue weighted by Crippen LogP contribution is -2.60. The number of halogens is 1. The Balaban J connectivity index is 1.97. The van der Waals surface area contributed by atoms with Crippen LogP contribution in [0.3, 0.4) is 0 Å². The number of carbonyl (C=O) groups excluding carboxylic acids is 1. The maximum atomic E-state index is 11.5. The van der Waals surface area contributed by atoms with Crippen LogP contribution >= 0.6 is 11.6 Å². The van der Waals surface area contributed by atoms with Crippen molar-refractivity contribution in [3.63, 3.8) is 0 Å². The molecule has 0 saturated heterocycles. The minimum Gasteiger partial charge on any atom is -0.352 e. The van der Waals surface area contributed by atoms with Gasteiger partial charge in [0, 0.05) is 6.04 Å². The highest BCUT2D eigenvalue weighted by Gasteiger charge is 2.54. The molecule has 0 spiro atoms. The van der Waals surface area contributed by atoms with E-state index in [4.69, 9.17) is 11.6 Å². The van der Waals surface area contributed by atoms with Crippen molar-refractivity contribution in [2.75, 3.05) is 0 Å². The predicted octanol–water partition coefficient (Wildman–Crippen LogP) is 2.55. The van der Waals surface area contributed by atoms with E-state index in [1.165, 1.54) is 12.8 Å². The molecule has 1 amide bonds. The smallest absolute Gasteiger partial charge is 0.237 e. The standard InChI is InChI=1S/C12H20ClNO/c1-7(13)11(15)14-10-5-4-8-6-9(10)12(8,2)3/h7-10H,4-6H2,1-3H3,(H,14,15). The summed E-state index contributed by atoms with van der Waals surface area (Å²) >= 11 is 5.77. The molecular formula is C12H20ClNO. The van der Waals surface area contributed by atoms with Crippen LogP contribution in [0.1, 0.15) is 40.0 Å². The summed E-state index contributed by atoms with van der Waals surface area (Å²) in [5.41, 5.74) is 0.422. The molecule has 2 nitrogen and oxygen atoms in total. The van der Waals surface area contributed by atoms with Crippen molar-refractivity contribution in [2.24, 2.45) is 17.3 Å². The quantitative estimate of drug-likeness (QED) is 0.725. The van der Waals surface area contributed by atoms with E-state index < -0.39 is 5.38 Å². The number of nitrogens with one attached hydrogen (secondary N) is 1. The number of amides is 1. The Bertz CT molecular complexity index is 273. The van der Waals surface area contributed by atoms with Crippen LogP contribution in [0.25, 0.3) is 0 Å². The highest BCUT2D eigenvalue weighted by Crippen LogP contribution is 2.59. The molecule has 2 bridgehead atoms. The first-order chi connectivity index (χ1) is 6.93. The van der Waals surface area contributed by atoms with Gasteiger partial charge in [0.1, 0.15) is 5.38 Å². The van der Waals surface area contributed by atoms with E-state index in [1.807, 2.05) is 0 Å². The molecule has 15 heavy (non-hydrogen) atoms. The van der Waals surface area contributed by atoms with Crippen LogP contribution in [-0.4, -0.2) is 17.3 Å². The molecule has 3 heteroatoms. The second kappa shape index (κ2) is 3.65. The van der Waals surface area contributed by atoms with E-state index in [2.05, 4.69) is 19.2 Å². The second-order valence-electron chi connectivity index (χ2n) is 5.67.